The van der Waals surface area contributed by atoms with Gasteiger partial charge in [-0.15, -0.1) is 0 Å². The predicted molar refractivity (Wildman–Crippen MR) is 77.6 cm³/mol. The first-order valence-electron chi connectivity index (χ1n) is 7.29. The van der Waals surface area contributed by atoms with Crippen molar-refractivity contribution in [2.24, 2.45) is 11.7 Å². The molecule has 0 spiro atoms. The quantitative estimate of drug-likeness (QED) is 0.865. The van der Waals surface area contributed by atoms with E-state index in [1.54, 1.807) is 0 Å². The van der Waals surface area contributed by atoms with Crippen molar-refractivity contribution in [1.82, 2.24) is 4.90 Å². The molecule has 0 aromatic heterocycles. The molecule has 1 aromatic carbocycles. The number of benzene rings is 1. The van der Waals surface area contributed by atoms with E-state index in [0.717, 1.165) is 18.9 Å². The van der Waals surface area contributed by atoms with Gasteiger partial charge in [0.25, 0.3) is 0 Å². The van der Waals surface area contributed by atoms with Crippen molar-refractivity contribution in [3.8, 4) is 0 Å². The zero-order valence-electron chi connectivity index (χ0n) is 11.5. The molecule has 2 nitrogen and oxygen atoms in total. The minimum atomic E-state index is 0.267. The zero-order valence-corrected chi connectivity index (χ0v) is 11.5. The third-order valence-electron chi connectivity index (χ3n) is 4.01. The molecule has 1 unspecified atom stereocenters. The average molecular weight is 246 g/mol. The Morgan fingerprint density at radius 3 is 2.83 bits per heavy atom. The molecule has 2 rings (SSSR count). The highest BCUT2D eigenvalue weighted by molar-refractivity contribution is 5.15. The monoisotopic (exact) mass is 246 g/mol. The van der Waals surface area contributed by atoms with Crippen molar-refractivity contribution >= 4 is 0 Å². The fourth-order valence-corrected chi connectivity index (χ4v) is 2.96. The van der Waals surface area contributed by atoms with E-state index in [1.807, 2.05) is 0 Å². The standard InChI is InChI=1S/C16H26N2/c1-2-14-9-6-10-18(12-14)13-16(17)11-15-7-4-3-5-8-15/h3-5,7-8,14,16H,2,6,9-13,17H2,1H3/t14?,16-/m0/s1. The minimum absolute atomic E-state index is 0.267. The average Bonchev–Trinajstić information content (AvgIpc) is 2.40. The molecule has 1 aliphatic rings. The minimum Gasteiger partial charge on any atom is -0.326 e. The molecule has 2 heteroatoms. The van der Waals surface area contributed by atoms with Gasteiger partial charge in [-0.2, -0.15) is 0 Å². The highest BCUT2D eigenvalue weighted by Gasteiger charge is 2.19. The topological polar surface area (TPSA) is 29.3 Å². The van der Waals surface area contributed by atoms with Crippen LogP contribution in [0.2, 0.25) is 0 Å². The Morgan fingerprint density at radius 2 is 2.11 bits per heavy atom. The predicted octanol–water partition coefficient (Wildman–Crippen LogP) is 2.68. The number of rotatable bonds is 5. The van der Waals surface area contributed by atoms with Gasteiger partial charge >= 0.3 is 0 Å². The Morgan fingerprint density at radius 1 is 1.33 bits per heavy atom. The molecule has 1 aliphatic heterocycles. The molecule has 0 saturated carbocycles. The lowest BCUT2D eigenvalue weighted by atomic mass is 9.95. The normalized spacial score (nSPS) is 22.9. The van der Waals surface area contributed by atoms with Crippen LogP contribution in [0.1, 0.15) is 31.7 Å². The fraction of sp³-hybridized carbons (Fsp3) is 0.625. The van der Waals surface area contributed by atoms with Crippen LogP contribution in [-0.4, -0.2) is 30.6 Å². The van der Waals surface area contributed by atoms with Crippen molar-refractivity contribution in [1.29, 1.82) is 0 Å². The van der Waals surface area contributed by atoms with Crippen LogP contribution in [0.3, 0.4) is 0 Å². The first-order valence-corrected chi connectivity index (χ1v) is 7.29. The smallest absolute Gasteiger partial charge is 0.0208 e. The molecule has 1 aromatic rings. The number of nitrogens with zero attached hydrogens (tertiary/aromatic N) is 1. The van der Waals surface area contributed by atoms with Crippen molar-refractivity contribution in [2.75, 3.05) is 19.6 Å². The number of piperidine rings is 1. The Kier molecular flexibility index (Phi) is 5.21. The second-order valence-corrected chi connectivity index (χ2v) is 5.63. The van der Waals surface area contributed by atoms with E-state index >= 15 is 0 Å². The highest BCUT2D eigenvalue weighted by atomic mass is 15.1. The van der Waals surface area contributed by atoms with Gasteiger partial charge in [0.1, 0.15) is 0 Å². The van der Waals surface area contributed by atoms with E-state index in [9.17, 15) is 0 Å². The van der Waals surface area contributed by atoms with E-state index in [0.29, 0.717) is 0 Å². The molecule has 0 radical (unpaired) electrons. The second kappa shape index (κ2) is 6.91. The summed E-state index contributed by atoms with van der Waals surface area (Å²) < 4.78 is 0. The zero-order chi connectivity index (χ0) is 12.8. The van der Waals surface area contributed by atoms with E-state index in [-0.39, 0.29) is 6.04 Å². The number of hydrogen-bond donors (Lipinski definition) is 1. The molecule has 100 valence electrons. The third kappa shape index (κ3) is 4.11. The van der Waals surface area contributed by atoms with Crippen molar-refractivity contribution in [2.45, 2.75) is 38.6 Å². The molecule has 1 fully saturated rings. The molecule has 0 aliphatic carbocycles. The Balaban J connectivity index is 1.78. The van der Waals surface area contributed by atoms with Crippen LogP contribution in [-0.2, 0) is 6.42 Å². The summed E-state index contributed by atoms with van der Waals surface area (Å²) in [4.78, 5) is 2.56. The summed E-state index contributed by atoms with van der Waals surface area (Å²) in [5.41, 5.74) is 7.64. The van der Waals surface area contributed by atoms with Crippen LogP contribution in [0.4, 0.5) is 0 Å². The molecule has 2 atom stereocenters. The fourth-order valence-electron chi connectivity index (χ4n) is 2.96. The van der Waals surface area contributed by atoms with E-state index in [1.165, 1.54) is 37.9 Å². The van der Waals surface area contributed by atoms with Gasteiger partial charge in [0.15, 0.2) is 0 Å². The van der Waals surface area contributed by atoms with Crippen molar-refractivity contribution in [3.05, 3.63) is 35.9 Å². The van der Waals surface area contributed by atoms with Crippen molar-refractivity contribution < 1.29 is 0 Å². The molecule has 1 saturated heterocycles. The molecule has 0 amide bonds. The number of hydrogen-bond acceptors (Lipinski definition) is 2. The van der Waals surface area contributed by atoms with Crippen LogP contribution >= 0.6 is 0 Å². The number of nitrogens with two attached hydrogens (primary N) is 1. The van der Waals surface area contributed by atoms with Gasteiger partial charge in [-0.1, -0.05) is 43.7 Å². The summed E-state index contributed by atoms with van der Waals surface area (Å²) in [5, 5.41) is 0. The maximum Gasteiger partial charge on any atom is 0.0208 e. The third-order valence-corrected chi connectivity index (χ3v) is 4.01. The van der Waals surface area contributed by atoms with E-state index in [4.69, 9.17) is 5.73 Å². The summed E-state index contributed by atoms with van der Waals surface area (Å²) in [6.07, 6.45) is 5.05. The molecule has 0 bridgehead atoms. The van der Waals surface area contributed by atoms with Crippen LogP contribution < -0.4 is 5.73 Å². The van der Waals surface area contributed by atoms with Gasteiger partial charge in [0.05, 0.1) is 0 Å². The maximum absolute atomic E-state index is 6.28. The largest absolute Gasteiger partial charge is 0.326 e. The maximum atomic E-state index is 6.28. The highest BCUT2D eigenvalue weighted by Crippen LogP contribution is 2.19. The molecule has 2 N–H and O–H groups in total. The summed E-state index contributed by atoms with van der Waals surface area (Å²) in [6, 6.07) is 10.9. The van der Waals surface area contributed by atoms with Gasteiger partial charge in [-0.05, 0) is 37.3 Å². The summed E-state index contributed by atoms with van der Waals surface area (Å²) in [5.74, 6) is 0.891. The number of likely N-dealkylation sites (tertiary alicyclic amines) is 1. The Labute approximate surface area is 111 Å². The van der Waals surface area contributed by atoms with Crippen LogP contribution in [0.25, 0.3) is 0 Å². The molecule has 18 heavy (non-hydrogen) atoms. The van der Waals surface area contributed by atoms with Gasteiger partial charge in [0.2, 0.25) is 0 Å². The lowest BCUT2D eigenvalue weighted by Gasteiger charge is -2.33. The second-order valence-electron chi connectivity index (χ2n) is 5.63. The van der Waals surface area contributed by atoms with E-state index < -0.39 is 0 Å². The molecule has 1 heterocycles. The first-order chi connectivity index (χ1) is 8.78. The van der Waals surface area contributed by atoms with Crippen LogP contribution in [0, 0.1) is 5.92 Å². The van der Waals surface area contributed by atoms with Gasteiger partial charge in [0, 0.05) is 19.1 Å². The van der Waals surface area contributed by atoms with Gasteiger partial charge in [-0.3, -0.25) is 0 Å². The molecular formula is C16H26N2. The van der Waals surface area contributed by atoms with Gasteiger partial charge in [-0.25, -0.2) is 0 Å². The lowest BCUT2D eigenvalue weighted by molar-refractivity contribution is 0.163. The summed E-state index contributed by atoms with van der Waals surface area (Å²) >= 11 is 0. The first kappa shape index (κ1) is 13.6. The molecular weight excluding hydrogens is 220 g/mol. The SMILES string of the molecule is CCC1CCCN(C[C@@H](N)Cc2ccccc2)C1. The lowest BCUT2D eigenvalue weighted by Crippen LogP contribution is -2.43. The van der Waals surface area contributed by atoms with Crippen LogP contribution in [0.15, 0.2) is 30.3 Å². The summed E-state index contributed by atoms with van der Waals surface area (Å²) in [6.45, 7) is 5.83. The Bertz CT molecular complexity index is 336. The summed E-state index contributed by atoms with van der Waals surface area (Å²) in [7, 11) is 0. The van der Waals surface area contributed by atoms with E-state index in [2.05, 4.69) is 42.2 Å². The van der Waals surface area contributed by atoms with Gasteiger partial charge < -0.3 is 10.6 Å². The van der Waals surface area contributed by atoms with Crippen LogP contribution in [0.5, 0.6) is 0 Å². The van der Waals surface area contributed by atoms with Crippen molar-refractivity contribution in [3.63, 3.8) is 0 Å². The Hall–Kier alpha value is -0.860.